The van der Waals surface area contributed by atoms with Crippen molar-refractivity contribution >= 4 is 16.8 Å². The van der Waals surface area contributed by atoms with E-state index in [9.17, 15) is 4.79 Å². The summed E-state index contributed by atoms with van der Waals surface area (Å²) >= 11 is 0. The van der Waals surface area contributed by atoms with Crippen LogP contribution in [0.25, 0.3) is 10.8 Å². The largest absolute Gasteiger partial charge is 0.338 e. The van der Waals surface area contributed by atoms with Crippen molar-refractivity contribution in [1.29, 1.82) is 0 Å². The van der Waals surface area contributed by atoms with Gasteiger partial charge in [-0.3, -0.25) is 0 Å². The summed E-state index contributed by atoms with van der Waals surface area (Å²) in [6, 6.07) is 14.4. The number of carbonyl (C=O) groups is 1. The maximum atomic E-state index is 11.8. The molecule has 0 aliphatic rings. The Labute approximate surface area is 120 Å². The van der Waals surface area contributed by atoms with E-state index in [-0.39, 0.29) is 12.1 Å². The summed E-state index contributed by atoms with van der Waals surface area (Å²) < 4.78 is 0. The van der Waals surface area contributed by atoms with Crippen LogP contribution in [0.2, 0.25) is 0 Å². The second kappa shape index (κ2) is 6.42. The SMILES string of the molecule is CC(C)CNC(=O)N[C@@H](C)c1ccc2ccccc2c1. The van der Waals surface area contributed by atoms with Crippen LogP contribution in [0, 0.1) is 5.92 Å². The van der Waals surface area contributed by atoms with Gasteiger partial charge >= 0.3 is 6.03 Å². The molecule has 0 radical (unpaired) electrons. The molecule has 2 aromatic rings. The van der Waals surface area contributed by atoms with Crippen LogP contribution in [0.4, 0.5) is 4.79 Å². The van der Waals surface area contributed by atoms with Gasteiger partial charge in [0, 0.05) is 6.54 Å². The molecule has 0 heterocycles. The Bertz CT molecular complexity index is 592. The molecule has 3 heteroatoms. The van der Waals surface area contributed by atoms with Crippen LogP contribution in [0.5, 0.6) is 0 Å². The van der Waals surface area contributed by atoms with Crippen molar-refractivity contribution in [2.45, 2.75) is 26.8 Å². The third-order valence-electron chi connectivity index (χ3n) is 3.29. The van der Waals surface area contributed by atoms with Gasteiger partial charge in [0.15, 0.2) is 0 Å². The van der Waals surface area contributed by atoms with Crippen molar-refractivity contribution in [1.82, 2.24) is 10.6 Å². The number of urea groups is 1. The van der Waals surface area contributed by atoms with Crippen LogP contribution >= 0.6 is 0 Å². The maximum Gasteiger partial charge on any atom is 0.315 e. The van der Waals surface area contributed by atoms with E-state index in [4.69, 9.17) is 0 Å². The molecule has 20 heavy (non-hydrogen) atoms. The highest BCUT2D eigenvalue weighted by Crippen LogP contribution is 2.20. The predicted molar refractivity (Wildman–Crippen MR) is 83.7 cm³/mol. The topological polar surface area (TPSA) is 41.1 Å². The van der Waals surface area contributed by atoms with Crippen LogP contribution in [0.3, 0.4) is 0 Å². The Morgan fingerprint density at radius 2 is 1.75 bits per heavy atom. The van der Waals surface area contributed by atoms with Gasteiger partial charge in [-0.25, -0.2) is 4.79 Å². The standard InChI is InChI=1S/C17H22N2O/c1-12(2)11-18-17(20)19-13(3)15-9-8-14-6-4-5-7-16(14)10-15/h4-10,12-13H,11H2,1-3H3,(H2,18,19,20)/t13-/m0/s1. The number of hydrogen-bond acceptors (Lipinski definition) is 1. The third kappa shape index (κ3) is 3.73. The Morgan fingerprint density at radius 3 is 2.45 bits per heavy atom. The van der Waals surface area contributed by atoms with Crippen LogP contribution in [0.15, 0.2) is 42.5 Å². The number of benzene rings is 2. The molecule has 2 N–H and O–H groups in total. The molecule has 1 atom stereocenters. The normalized spacial score (nSPS) is 12.4. The van der Waals surface area contributed by atoms with Crippen molar-refractivity contribution in [3.05, 3.63) is 48.0 Å². The second-order valence-corrected chi connectivity index (χ2v) is 5.58. The minimum absolute atomic E-state index is 0.00762. The first-order chi connectivity index (χ1) is 9.56. The summed E-state index contributed by atoms with van der Waals surface area (Å²) in [4.78, 5) is 11.8. The van der Waals surface area contributed by atoms with Gasteiger partial charge in [0.1, 0.15) is 0 Å². The third-order valence-corrected chi connectivity index (χ3v) is 3.29. The molecular formula is C17H22N2O. The number of fused-ring (bicyclic) bond motifs is 1. The average molecular weight is 270 g/mol. The van der Waals surface area contributed by atoms with E-state index in [1.165, 1.54) is 10.8 Å². The van der Waals surface area contributed by atoms with Gasteiger partial charge in [-0.15, -0.1) is 0 Å². The van der Waals surface area contributed by atoms with Crippen LogP contribution in [-0.4, -0.2) is 12.6 Å². The number of nitrogens with one attached hydrogen (secondary N) is 2. The first-order valence-corrected chi connectivity index (χ1v) is 7.09. The van der Waals surface area contributed by atoms with E-state index in [0.29, 0.717) is 12.5 Å². The lowest BCUT2D eigenvalue weighted by molar-refractivity contribution is 0.236. The molecular weight excluding hydrogens is 248 g/mol. The number of rotatable bonds is 4. The number of carbonyl (C=O) groups excluding carboxylic acids is 1. The first-order valence-electron chi connectivity index (χ1n) is 7.09. The zero-order valence-electron chi connectivity index (χ0n) is 12.3. The van der Waals surface area contributed by atoms with Gasteiger partial charge in [0.2, 0.25) is 0 Å². The van der Waals surface area contributed by atoms with E-state index in [1.807, 2.05) is 19.1 Å². The summed E-state index contributed by atoms with van der Waals surface area (Å²) in [5.74, 6) is 0.455. The number of amides is 2. The molecule has 2 amide bonds. The van der Waals surface area contributed by atoms with Crippen molar-refractivity contribution in [2.24, 2.45) is 5.92 Å². The predicted octanol–water partition coefficient (Wildman–Crippen LogP) is 3.86. The minimum Gasteiger partial charge on any atom is -0.338 e. The fourth-order valence-corrected chi connectivity index (χ4v) is 2.10. The summed E-state index contributed by atoms with van der Waals surface area (Å²) in [5.41, 5.74) is 1.11. The van der Waals surface area contributed by atoms with Gasteiger partial charge in [0.05, 0.1) is 6.04 Å². The van der Waals surface area contributed by atoms with E-state index >= 15 is 0 Å². The van der Waals surface area contributed by atoms with Crippen LogP contribution in [0.1, 0.15) is 32.4 Å². The maximum absolute atomic E-state index is 11.8. The van der Waals surface area contributed by atoms with Crippen molar-refractivity contribution in [2.75, 3.05) is 6.54 Å². The Balaban J connectivity index is 2.03. The lowest BCUT2D eigenvalue weighted by atomic mass is 10.0. The molecule has 0 fully saturated rings. The first kappa shape index (κ1) is 14.4. The van der Waals surface area contributed by atoms with Crippen LogP contribution in [-0.2, 0) is 0 Å². The quantitative estimate of drug-likeness (QED) is 0.870. The smallest absolute Gasteiger partial charge is 0.315 e. The molecule has 0 unspecified atom stereocenters. The lowest BCUT2D eigenvalue weighted by Crippen LogP contribution is -2.38. The fourth-order valence-electron chi connectivity index (χ4n) is 2.10. The Hall–Kier alpha value is -2.03. The lowest BCUT2D eigenvalue weighted by Gasteiger charge is -2.16. The van der Waals surface area contributed by atoms with Gasteiger partial charge < -0.3 is 10.6 Å². The molecule has 3 nitrogen and oxygen atoms in total. The summed E-state index contributed by atoms with van der Waals surface area (Å²) in [6.45, 7) is 6.84. The monoisotopic (exact) mass is 270 g/mol. The molecule has 2 aromatic carbocycles. The summed E-state index contributed by atoms with van der Waals surface area (Å²) in [6.07, 6.45) is 0. The van der Waals surface area contributed by atoms with Crippen molar-refractivity contribution < 1.29 is 4.79 Å². The molecule has 0 spiro atoms. The summed E-state index contributed by atoms with van der Waals surface area (Å²) in [7, 11) is 0. The van der Waals surface area contributed by atoms with E-state index in [0.717, 1.165) is 5.56 Å². The molecule has 0 saturated carbocycles. The van der Waals surface area contributed by atoms with Gasteiger partial charge in [0.25, 0.3) is 0 Å². The van der Waals surface area contributed by atoms with E-state index < -0.39 is 0 Å². The van der Waals surface area contributed by atoms with Gasteiger partial charge in [-0.1, -0.05) is 50.2 Å². The highest BCUT2D eigenvalue weighted by molar-refractivity contribution is 5.83. The highest BCUT2D eigenvalue weighted by atomic mass is 16.2. The average Bonchev–Trinajstić information content (AvgIpc) is 2.44. The number of hydrogen-bond donors (Lipinski definition) is 2. The molecule has 2 rings (SSSR count). The van der Waals surface area contributed by atoms with E-state index in [1.54, 1.807) is 0 Å². The van der Waals surface area contributed by atoms with Gasteiger partial charge in [-0.05, 0) is 35.2 Å². The Kier molecular flexibility index (Phi) is 4.61. The fraction of sp³-hybridized carbons (Fsp3) is 0.353. The molecule has 0 aliphatic carbocycles. The summed E-state index contributed by atoms with van der Waals surface area (Å²) in [5, 5.41) is 8.25. The zero-order valence-corrected chi connectivity index (χ0v) is 12.3. The Morgan fingerprint density at radius 1 is 1.05 bits per heavy atom. The molecule has 0 aliphatic heterocycles. The molecule has 0 saturated heterocycles. The molecule has 0 aromatic heterocycles. The minimum atomic E-state index is -0.112. The van der Waals surface area contributed by atoms with Crippen molar-refractivity contribution in [3.63, 3.8) is 0 Å². The molecule has 106 valence electrons. The highest BCUT2D eigenvalue weighted by Gasteiger charge is 2.09. The van der Waals surface area contributed by atoms with Gasteiger partial charge in [-0.2, -0.15) is 0 Å². The van der Waals surface area contributed by atoms with E-state index in [2.05, 4.69) is 54.8 Å². The molecule has 0 bridgehead atoms. The second-order valence-electron chi connectivity index (χ2n) is 5.58. The zero-order chi connectivity index (χ0) is 14.5. The van der Waals surface area contributed by atoms with Crippen molar-refractivity contribution in [3.8, 4) is 0 Å². The van der Waals surface area contributed by atoms with Crippen LogP contribution < -0.4 is 10.6 Å².